The van der Waals surface area contributed by atoms with Gasteiger partial charge in [0.15, 0.2) is 0 Å². The van der Waals surface area contributed by atoms with Gasteiger partial charge >= 0.3 is 0 Å². The monoisotopic (exact) mass is 465 g/mol. The lowest BCUT2D eigenvalue weighted by Gasteiger charge is -2.26. The minimum atomic E-state index is -3.98. The maximum atomic E-state index is 14.6. The van der Waals surface area contributed by atoms with E-state index in [1.807, 2.05) is 0 Å². The average molecular weight is 465 g/mol. The summed E-state index contributed by atoms with van der Waals surface area (Å²) in [6, 6.07) is 18.0. The van der Waals surface area contributed by atoms with Crippen molar-refractivity contribution in [1.82, 2.24) is 4.98 Å². The lowest BCUT2D eigenvalue weighted by Crippen LogP contribution is -2.42. The molecule has 9 heteroatoms. The Labute approximate surface area is 188 Å². The summed E-state index contributed by atoms with van der Waals surface area (Å²) in [5.74, 6) is -2.40. The Balaban J connectivity index is 1.55. The number of hydrogen-bond donors (Lipinski definition) is 0. The van der Waals surface area contributed by atoms with Gasteiger partial charge in [0, 0.05) is 17.6 Å². The van der Waals surface area contributed by atoms with Crippen molar-refractivity contribution in [2.24, 2.45) is 0 Å². The van der Waals surface area contributed by atoms with Crippen LogP contribution >= 0.6 is 0 Å². The Hall–Kier alpha value is -3.85. The van der Waals surface area contributed by atoms with E-state index >= 15 is 0 Å². The zero-order valence-corrected chi connectivity index (χ0v) is 18.0. The number of hydrogen-bond acceptors (Lipinski definition) is 4. The molecule has 1 aromatic heterocycles. The second-order valence-corrected chi connectivity index (χ2v) is 9.37. The molecule has 5 rings (SSSR count). The summed E-state index contributed by atoms with van der Waals surface area (Å²) in [4.78, 5) is 18.8. The first kappa shape index (κ1) is 21.0. The summed E-state index contributed by atoms with van der Waals surface area (Å²) in [5.41, 5.74) is 0.678. The number of benzene rings is 3. The number of rotatable bonds is 5. The van der Waals surface area contributed by atoms with Gasteiger partial charge in [0.25, 0.3) is 10.0 Å². The molecular formula is C24H17F2N3O3S. The van der Waals surface area contributed by atoms with Crippen LogP contribution in [0.15, 0.2) is 83.9 Å². The maximum Gasteiger partial charge on any atom is 0.265 e. The molecular weight excluding hydrogens is 448 g/mol. The lowest BCUT2D eigenvalue weighted by atomic mass is 10.1. The van der Waals surface area contributed by atoms with Crippen LogP contribution in [0.4, 0.5) is 20.2 Å². The second-order valence-electron chi connectivity index (χ2n) is 7.54. The van der Waals surface area contributed by atoms with Crippen molar-refractivity contribution in [2.45, 2.75) is 11.4 Å². The second kappa shape index (κ2) is 7.93. The molecule has 1 aliphatic rings. The SMILES string of the molecule is O=C(CN1c2cccc3cccc(c23)S1(=O)=O)N(Cc1ccccn1)c1ccc(F)cc1F. The summed E-state index contributed by atoms with van der Waals surface area (Å²) in [7, 11) is -3.98. The number of nitrogens with zero attached hydrogens (tertiary/aromatic N) is 3. The highest BCUT2D eigenvalue weighted by Gasteiger charge is 2.38. The van der Waals surface area contributed by atoms with E-state index in [-0.39, 0.29) is 17.1 Å². The van der Waals surface area contributed by atoms with Gasteiger partial charge in [-0.3, -0.25) is 14.1 Å². The molecule has 0 bridgehead atoms. The van der Waals surface area contributed by atoms with Crippen molar-refractivity contribution < 1.29 is 22.0 Å². The van der Waals surface area contributed by atoms with Crippen molar-refractivity contribution in [3.05, 3.63) is 96.3 Å². The largest absolute Gasteiger partial charge is 0.302 e. The van der Waals surface area contributed by atoms with Crippen LogP contribution < -0.4 is 9.21 Å². The number of carbonyl (C=O) groups excluding carboxylic acids is 1. The number of pyridine rings is 1. The molecule has 6 nitrogen and oxygen atoms in total. The van der Waals surface area contributed by atoms with Crippen molar-refractivity contribution in [3.63, 3.8) is 0 Å². The van der Waals surface area contributed by atoms with E-state index in [1.165, 1.54) is 12.3 Å². The van der Waals surface area contributed by atoms with Gasteiger partial charge in [0.2, 0.25) is 5.91 Å². The third kappa shape index (κ3) is 3.60. The highest BCUT2D eigenvalue weighted by atomic mass is 32.2. The maximum absolute atomic E-state index is 14.6. The van der Waals surface area contributed by atoms with Crippen molar-refractivity contribution >= 4 is 38.1 Å². The van der Waals surface area contributed by atoms with Gasteiger partial charge in [-0.1, -0.05) is 30.3 Å². The number of aromatic nitrogens is 1. The highest BCUT2D eigenvalue weighted by Crippen LogP contribution is 2.42. The van der Waals surface area contributed by atoms with E-state index in [4.69, 9.17) is 0 Å². The lowest BCUT2D eigenvalue weighted by molar-refractivity contribution is -0.117. The van der Waals surface area contributed by atoms with E-state index in [1.54, 1.807) is 48.5 Å². The van der Waals surface area contributed by atoms with E-state index in [2.05, 4.69) is 4.98 Å². The van der Waals surface area contributed by atoms with Crippen molar-refractivity contribution in [2.75, 3.05) is 15.7 Å². The van der Waals surface area contributed by atoms with Gasteiger partial charge < -0.3 is 4.90 Å². The molecule has 4 aromatic rings. The summed E-state index contributed by atoms with van der Waals surface area (Å²) in [5, 5.41) is 1.27. The fraction of sp³-hybridized carbons (Fsp3) is 0.0833. The number of amides is 1. The van der Waals surface area contributed by atoms with Gasteiger partial charge in [0.05, 0.1) is 28.5 Å². The molecule has 0 N–H and O–H groups in total. The molecule has 166 valence electrons. The molecule has 0 aliphatic carbocycles. The average Bonchev–Trinajstić information content (AvgIpc) is 3.02. The quantitative estimate of drug-likeness (QED) is 0.442. The van der Waals surface area contributed by atoms with Gasteiger partial charge in [-0.05, 0) is 41.8 Å². The smallest absolute Gasteiger partial charge is 0.265 e. The third-order valence-electron chi connectivity index (χ3n) is 5.51. The number of halogens is 2. The molecule has 0 unspecified atom stereocenters. The van der Waals surface area contributed by atoms with Crippen molar-refractivity contribution in [3.8, 4) is 0 Å². The summed E-state index contributed by atoms with van der Waals surface area (Å²) >= 11 is 0. The van der Waals surface area contributed by atoms with E-state index in [0.717, 1.165) is 26.7 Å². The van der Waals surface area contributed by atoms with Crippen molar-refractivity contribution in [1.29, 1.82) is 0 Å². The molecule has 0 saturated heterocycles. The minimum Gasteiger partial charge on any atom is -0.302 e. The normalized spacial score (nSPS) is 13.9. The van der Waals surface area contributed by atoms with E-state index < -0.39 is 34.1 Å². The Morgan fingerprint density at radius 3 is 2.48 bits per heavy atom. The zero-order chi connectivity index (χ0) is 23.2. The molecule has 0 spiro atoms. The van der Waals surface area contributed by atoms with Crippen LogP contribution in [0.1, 0.15) is 5.69 Å². The first-order valence-electron chi connectivity index (χ1n) is 10.1. The van der Waals surface area contributed by atoms with Crippen LogP contribution in [0.2, 0.25) is 0 Å². The van der Waals surface area contributed by atoms with E-state index in [9.17, 15) is 22.0 Å². The van der Waals surface area contributed by atoms with Gasteiger partial charge in [0.1, 0.15) is 18.2 Å². The van der Waals surface area contributed by atoms with Gasteiger partial charge in [-0.25, -0.2) is 17.2 Å². The molecule has 0 radical (unpaired) electrons. The van der Waals surface area contributed by atoms with Crippen LogP contribution in [0.5, 0.6) is 0 Å². The number of carbonyl (C=O) groups is 1. The van der Waals surface area contributed by atoms with Crippen LogP contribution in [0.3, 0.4) is 0 Å². The molecule has 3 aromatic carbocycles. The fourth-order valence-electron chi connectivity index (χ4n) is 4.00. The Bertz CT molecular complexity index is 1490. The van der Waals surface area contributed by atoms with Crippen LogP contribution in [0.25, 0.3) is 10.8 Å². The van der Waals surface area contributed by atoms with E-state index in [0.29, 0.717) is 22.8 Å². The Kier molecular flexibility index (Phi) is 5.05. The van der Waals surface area contributed by atoms with Crippen LogP contribution in [0, 0.1) is 11.6 Å². The summed E-state index contributed by atoms with van der Waals surface area (Å²) in [6.07, 6.45) is 1.53. The minimum absolute atomic E-state index is 0.118. The van der Waals surface area contributed by atoms with Gasteiger partial charge in [-0.2, -0.15) is 0 Å². The standard InChI is InChI=1S/C24H17F2N3O3S/c25-17-10-11-20(19(26)13-17)28(14-18-7-1-2-12-27-18)23(30)15-29-21-8-3-5-16-6-4-9-22(24(16)21)33(29,31)32/h1-13H,14-15H2. The third-order valence-corrected chi connectivity index (χ3v) is 7.31. The van der Waals surface area contributed by atoms with Crippen LogP contribution in [-0.2, 0) is 21.4 Å². The molecule has 1 aliphatic heterocycles. The molecule has 0 atom stereocenters. The molecule has 1 amide bonds. The molecule has 0 saturated carbocycles. The summed E-state index contributed by atoms with van der Waals surface area (Å²) < 4.78 is 55.7. The zero-order valence-electron chi connectivity index (χ0n) is 17.2. The summed E-state index contributed by atoms with van der Waals surface area (Å²) in [6.45, 7) is -0.674. The molecule has 0 fully saturated rings. The molecule has 33 heavy (non-hydrogen) atoms. The topological polar surface area (TPSA) is 70.6 Å². The highest BCUT2D eigenvalue weighted by molar-refractivity contribution is 7.93. The number of sulfonamides is 1. The molecule has 2 heterocycles. The predicted octanol–water partition coefficient (Wildman–Crippen LogP) is 4.26. The first-order chi connectivity index (χ1) is 15.9. The van der Waals surface area contributed by atoms with Crippen LogP contribution in [-0.4, -0.2) is 25.9 Å². The number of anilines is 2. The predicted molar refractivity (Wildman–Crippen MR) is 120 cm³/mol. The van der Waals surface area contributed by atoms with Gasteiger partial charge in [-0.15, -0.1) is 0 Å². The Morgan fingerprint density at radius 1 is 0.970 bits per heavy atom. The Morgan fingerprint density at radius 2 is 1.76 bits per heavy atom. The fourth-order valence-corrected chi connectivity index (χ4v) is 5.66. The first-order valence-corrected chi connectivity index (χ1v) is 11.5.